The summed E-state index contributed by atoms with van der Waals surface area (Å²) in [5, 5.41) is 30.2. The van der Waals surface area contributed by atoms with Gasteiger partial charge in [-0.15, -0.1) is 0 Å². The highest BCUT2D eigenvalue weighted by Crippen LogP contribution is 2.22. The van der Waals surface area contributed by atoms with Crippen molar-refractivity contribution in [3.8, 4) is 0 Å². The fourth-order valence-electron chi connectivity index (χ4n) is 4.48. The summed E-state index contributed by atoms with van der Waals surface area (Å²) in [7, 11) is 0. The normalized spacial score (nSPS) is 11.2. The van der Waals surface area contributed by atoms with Crippen LogP contribution in [0.3, 0.4) is 0 Å². The predicted molar refractivity (Wildman–Crippen MR) is 185 cm³/mol. The molecule has 3 rings (SSSR count). The number of carbonyl (C=O) groups excluding carboxylic acids is 4. The van der Waals surface area contributed by atoms with E-state index in [-0.39, 0.29) is 0 Å². The Balaban J connectivity index is 1.68. The highest BCUT2D eigenvalue weighted by atomic mass is 16.6. The first-order chi connectivity index (χ1) is 23.3. The monoisotopic (exact) mass is 690 g/mol. The molecule has 0 spiro atoms. The number of carbonyl (C=O) groups is 6. The third-order valence-electron chi connectivity index (χ3n) is 6.70. The molecule has 0 fully saturated rings. The number of hydrogen-bond acceptors (Lipinski definition) is 8. The summed E-state index contributed by atoms with van der Waals surface area (Å²) in [5.74, 6) is -4.88. The lowest BCUT2D eigenvalue weighted by Crippen LogP contribution is -2.33. The Kier molecular flexibility index (Phi) is 12.7. The van der Waals surface area contributed by atoms with Crippen LogP contribution in [0.1, 0.15) is 94.1 Å². The van der Waals surface area contributed by atoms with Gasteiger partial charge in [-0.3, -0.25) is 9.59 Å². The quantitative estimate of drug-likeness (QED) is 0.136. The molecule has 0 radical (unpaired) electrons. The number of hydrogen-bond donors (Lipinski definition) is 6. The highest BCUT2D eigenvalue weighted by Gasteiger charge is 2.26. The van der Waals surface area contributed by atoms with Crippen LogP contribution in [0.15, 0.2) is 60.7 Å². The molecule has 0 unspecified atom stereocenters. The molecule has 50 heavy (non-hydrogen) atoms. The van der Waals surface area contributed by atoms with Crippen LogP contribution in [0.5, 0.6) is 0 Å². The van der Waals surface area contributed by atoms with Crippen LogP contribution in [-0.2, 0) is 22.3 Å². The van der Waals surface area contributed by atoms with Crippen LogP contribution in [0.25, 0.3) is 0 Å². The maximum absolute atomic E-state index is 13.2. The molecule has 0 saturated heterocycles. The van der Waals surface area contributed by atoms with E-state index in [2.05, 4.69) is 21.3 Å². The van der Waals surface area contributed by atoms with E-state index >= 15 is 0 Å². The summed E-state index contributed by atoms with van der Waals surface area (Å²) in [6, 6.07) is 14.8. The molecule has 4 amide bonds. The standard InChI is InChI=1S/C36H42N4O10/c1-35(2,3)49-33(47)37-17-15-21-7-11-23(12-8-21)39-29(41)25-19-28(32(45)46)26(20-27(25)31(43)44)30(42)40-24-13-9-22(10-14-24)16-18-38-34(48)50-36(4,5)6/h7-14,19-20H,15-18H2,1-6H3,(H,37,47)(H,38,48)(H,39,41)(H,40,42)(H,43,44)(H,45,46). The van der Waals surface area contributed by atoms with Gasteiger partial charge >= 0.3 is 24.1 Å². The van der Waals surface area contributed by atoms with Crippen LogP contribution in [0.2, 0.25) is 0 Å². The zero-order chi connectivity index (χ0) is 37.2. The lowest BCUT2D eigenvalue weighted by atomic mass is 9.96. The van der Waals surface area contributed by atoms with E-state index in [0.717, 1.165) is 23.3 Å². The van der Waals surface area contributed by atoms with E-state index in [1.807, 2.05) is 0 Å². The van der Waals surface area contributed by atoms with E-state index < -0.39 is 69.4 Å². The van der Waals surface area contributed by atoms with Crippen LogP contribution in [0, 0.1) is 0 Å². The Morgan fingerprint density at radius 3 is 1.14 bits per heavy atom. The third-order valence-corrected chi connectivity index (χ3v) is 6.70. The predicted octanol–water partition coefficient (Wildman–Crippen LogP) is 5.72. The summed E-state index contributed by atoms with van der Waals surface area (Å²) < 4.78 is 10.4. The second kappa shape index (κ2) is 16.5. The summed E-state index contributed by atoms with van der Waals surface area (Å²) in [6.45, 7) is 11.2. The van der Waals surface area contributed by atoms with Gasteiger partial charge in [-0.2, -0.15) is 0 Å². The van der Waals surface area contributed by atoms with Crippen molar-refractivity contribution in [2.75, 3.05) is 23.7 Å². The lowest BCUT2D eigenvalue weighted by molar-refractivity contribution is 0.0517. The van der Waals surface area contributed by atoms with Gasteiger partial charge in [0.1, 0.15) is 11.2 Å². The Hall–Kier alpha value is -5.92. The van der Waals surface area contributed by atoms with Gasteiger partial charge in [0, 0.05) is 24.5 Å². The molecule has 0 aliphatic rings. The molecule has 266 valence electrons. The van der Waals surface area contributed by atoms with Crippen molar-refractivity contribution >= 4 is 47.3 Å². The smallest absolute Gasteiger partial charge is 0.407 e. The van der Waals surface area contributed by atoms with E-state index in [9.17, 15) is 39.0 Å². The molecule has 0 aromatic heterocycles. The molecule has 3 aromatic rings. The number of amides is 4. The average Bonchev–Trinajstić information content (AvgIpc) is 3.00. The first-order valence-corrected chi connectivity index (χ1v) is 15.7. The van der Waals surface area contributed by atoms with Crippen LogP contribution >= 0.6 is 0 Å². The van der Waals surface area contributed by atoms with Gasteiger partial charge in [-0.05, 0) is 102 Å². The number of rotatable bonds is 12. The summed E-state index contributed by atoms with van der Waals surface area (Å²) in [6.07, 6.45) is -0.146. The van der Waals surface area contributed by atoms with E-state index in [0.29, 0.717) is 37.3 Å². The number of aromatic carboxylic acids is 2. The maximum atomic E-state index is 13.2. The van der Waals surface area contributed by atoms with Crippen molar-refractivity contribution in [2.45, 2.75) is 65.6 Å². The fourth-order valence-corrected chi connectivity index (χ4v) is 4.48. The average molecular weight is 691 g/mol. The second-order valence-electron chi connectivity index (χ2n) is 13.2. The van der Waals surface area contributed by atoms with Gasteiger partial charge in [0.2, 0.25) is 0 Å². The number of carboxylic acids is 2. The number of nitrogens with one attached hydrogen (secondary N) is 4. The van der Waals surface area contributed by atoms with Gasteiger partial charge in [0.25, 0.3) is 11.8 Å². The van der Waals surface area contributed by atoms with Crippen molar-refractivity contribution in [1.82, 2.24) is 10.6 Å². The summed E-state index contributed by atoms with van der Waals surface area (Å²) >= 11 is 0. The van der Waals surface area contributed by atoms with Crippen LogP contribution < -0.4 is 21.3 Å². The minimum absolute atomic E-state index is 0.304. The second-order valence-corrected chi connectivity index (χ2v) is 13.2. The third kappa shape index (κ3) is 12.3. The lowest BCUT2D eigenvalue weighted by Gasteiger charge is -2.19. The van der Waals surface area contributed by atoms with Crippen molar-refractivity contribution in [2.24, 2.45) is 0 Å². The molecule has 14 heteroatoms. The van der Waals surface area contributed by atoms with Gasteiger partial charge in [0.15, 0.2) is 0 Å². The summed E-state index contributed by atoms with van der Waals surface area (Å²) in [4.78, 5) is 74.3. The number of ether oxygens (including phenoxy) is 2. The van der Waals surface area contributed by atoms with Crippen LogP contribution in [0.4, 0.5) is 21.0 Å². The fraction of sp³-hybridized carbons (Fsp3) is 0.333. The van der Waals surface area contributed by atoms with Gasteiger partial charge in [-0.1, -0.05) is 24.3 Å². The number of anilines is 2. The van der Waals surface area contributed by atoms with Crippen molar-refractivity contribution in [3.63, 3.8) is 0 Å². The van der Waals surface area contributed by atoms with Gasteiger partial charge in [-0.25, -0.2) is 19.2 Å². The van der Waals surface area contributed by atoms with Gasteiger partial charge in [0.05, 0.1) is 22.3 Å². The Labute approximate surface area is 289 Å². The number of carboxylic acid groups (broad SMARTS) is 2. The molecule has 14 nitrogen and oxygen atoms in total. The molecule has 0 bridgehead atoms. The SMILES string of the molecule is CC(C)(C)OC(=O)NCCc1ccc(NC(=O)c2cc(C(=O)O)c(C(=O)Nc3ccc(CCNC(=O)OC(C)(C)C)cc3)cc2C(=O)O)cc1. The Morgan fingerprint density at radius 1 is 0.540 bits per heavy atom. The minimum atomic E-state index is -1.54. The van der Waals surface area contributed by atoms with Crippen LogP contribution in [-0.4, -0.2) is 70.4 Å². The maximum Gasteiger partial charge on any atom is 0.407 e. The van der Waals surface area contributed by atoms with Gasteiger partial charge < -0.3 is 41.0 Å². The molecule has 0 aliphatic heterocycles. The number of alkyl carbamates (subject to hydrolysis) is 2. The molecule has 0 saturated carbocycles. The summed E-state index contributed by atoms with van der Waals surface area (Å²) in [5.41, 5.74) is -1.04. The molecule has 6 N–H and O–H groups in total. The Morgan fingerprint density at radius 2 is 0.860 bits per heavy atom. The highest BCUT2D eigenvalue weighted by molar-refractivity contribution is 6.16. The van der Waals surface area contributed by atoms with Crippen molar-refractivity contribution in [1.29, 1.82) is 0 Å². The zero-order valence-corrected chi connectivity index (χ0v) is 28.8. The first kappa shape index (κ1) is 38.5. The Bertz CT molecular complexity index is 1610. The topological polar surface area (TPSA) is 209 Å². The van der Waals surface area contributed by atoms with Crippen molar-refractivity contribution in [3.05, 3.63) is 94.0 Å². The minimum Gasteiger partial charge on any atom is -0.478 e. The van der Waals surface area contributed by atoms with E-state index in [1.165, 1.54) is 0 Å². The zero-order valence-electron chi connectivity index (χ0n) is 28.8. The van der Waals surface area contributed by atoms with Crippen molar-refractivity contribution < 1.29 is 48.5 Å². The molecular formula is C36H42N4O10. The molecule has 0 atom stereocenters. The number of benzene rings is 3. The molecule has 0 heterocycles. The molecule has 0 aliphatic carbocycles. The molecular weight excluding hydrogens is 648 g/mol. The van der Waals surface area contributed by atoms with E-state index in [4.69, 9.17) is 9.47 Å². The molecule has 3 aromatic carbocycles. The largest absolute Gasteiger partial charge is 0.478 e. The van der Waals surface area contributed by atoms with E-state index in [1.54, 1.807) is 90.1 Å². The first-order valence-electron chi connectivity index (χ1n) is 15.7.